The molecule has 0 radical (unpaired) electrons. The number of ether oxygens (including phenoxy) is 3. The lowest BCUT2D eigenvalue weighted by molar-refractivity contribution is -0.118. The van der Waals surface area contributed by atoms with E-state index in [1.54, 1.807) is 31.0 Å². The van der Waals surface area contributed by atoms with Crippen molar-refractivity contribution in [3.05, 3.63) is 59.2 Å². The highest BCUT2D eigenvalue weighted by Crippen LogP contribution is 2.29. The molecule has 2 aromatic carbocycles. The Morgan fingerprint density at radius 2 is 2.03 bits per heavy atom. The summed E-state index contributed by atoms with van der Waals surface area (Å²) < 4.78 is 16.9. The summed E-state index contributed by atoms with van der Waals surface area (Å²) in [6.45, 7) is 1.75. The van der Waals surface area contributed by atoms with Crippen molar-refractivity contribution in [3.8, 4) is 17.6 Å². The SMILES string of the molecule is COc1cc(CNC(=O)CSCc2ccc(C#N)cc2)ccc1OCC1CCCO1. The second-order valence-corrected chi connectivity index (χ2v) is 8.00. The molecule has 1 N–H and O–H groups in total. The molecule has 1 fully saturated rings. The van der Waals surface area contributed by atoms with Crippen molar-refractivity contribution in [1.29, 1.82) is 5.26 Å². The van der Waals surface area contributed by atoms with Crippen LogP contribution in [0.4, 0.5) is 0 Å². The van der Waals surface area contributed by atoms with E-state index < -0.39 is 0 Å². The van der Waals surface area contributed by atoms with Gasteiger partial charge < -0.3 is 19.5 Å². The average molecular weight is 427 g/mol. The molecule has 0 bridgehead atoms. The lowest BCUT2D eigenvalue weighted by Gasteiger charge is -2.15. The van der Waals surface area contributed by atoms with E-state index in [0.29, 0.717) is 36.0 Å². The standard InChI is InChI=1S/C23H26N2O4S/c1-27-22-11-19(8-9-21(22)29-14-20-3-2-10-28-20)13-25-23(26)16-30-15-18-6-4-17(12-24)5-7-18/h4-9,11,20H,2-3,10,13-16H2,1H3,(H,25,26). The van der Waals surface area contributed by atoms with Gasteiger partial charge in [0.2, 0.25) is 5.91 Å². The summed E-state index contributed by atoms with van der Waals surface area (Å²) in [6, 6.07) is 15.2. The minimum Gasteiger partial charge on any atom is -0.493 e. The number of nitrogens with zero attached hydrogens (tertiary/aromatic N) is 1. The summed E-state index contributed by atoms with van der Waals surface area (Å²) in [5, 5.41) is 11.8. The maximum atomic E-state index is 12.1. The third kappa shape index (κ3) is 6.68. The third-order valence-electron chi connectivity index (χ3n) is 4.75. The van der Waals surface area contributed by atoms with Crippen LogP contribution in [0.1, 0.15) is 29.5 Å². The summed E-state index contributed by atoms with van der Waals surface area (Å²) in [5.74, 6) is 2.41. The van der Waals surface area contributed by atoms with Crippen molar-refractivity contribution < 1.29 is 19.0 Å². The van der Waals surface area contributed by atoms with E-state index in [-0.39, 0.29) is 12.0 Å². The van der Waals surface area contributed by atoms with Crippen molar-refractivity contribution in [2.75, 3.05) is 26.1 Å². The highest BCUT2D eigenvalue weighted by molar-refractivity contribution is 7.99. The van der Waals surface area contributed by atoms with Gasteiger partial charge in [0.15, 0.2) is 11.5 Å². The molecule has 2 aromatic rings. The van der Waals surface area contributed by atoms with Gasteiger partial charge in [0, 0.05) is 18.9 Å². The van der Waals surface area contributed by atoms with Gasteiger partial charge in [0.05, 0.1) is 30.6 Å². The smallest absolute Gasteiger partial charge is 0.230 e. The van der Waals surface area contributed by atoms with Crippen LogP contribution < -0.4 is 14.8 Å². The molecule has 0 aromatic heterocycles. The topological polar surface area (TPSA) is 80.6 Å². The molecule has 0 spiro atoms. The number of carbonyl (C=O) groups is 1. The zero-order valence-electron chi connectivity index (χ0n) is 17.1. The number of hydrogen-bond donors (Lipinski definition) is 1. The zero-order valence-corrected chi connectivity index (χ0v) is 17.9. The molecule has 158 valence electrons. The Kier molecular flexibility index (Phi) is 8.42. The van der Waals surface area contributed by atoms with Crippen LogP contribution in [0.25, 0.3) is 0 Å². The van der Waals surface area contributed by atoms with E-state index in [1.807, 2.05) is 30.3 Å². The molecule has 3 rings (SSSR count). The number of amides is 1. The first-order chi connectivity index (χ1) is 14.7. The number of methoxy groups -OCH3 is 1. The fraction of sp³-hybridized carbons (Fsp3) is 0.391. The Morgan fingerprint density at radius 3 is 2.73 bits per heavy atom. The maximum Gasteiger partial charge on any atom is 0.230 e. The van der Waals surface area contributed by atoms with Crippen molar-refractivity contribution in [1.82, 2.24) is 5.32 Å². The Morgan fingerprint density at radius 1 is 1.23 bits per heavy atom. The highest BCUT2D eigenvalue weighted by atomic mass is 32.2. The van der Waals surface area contributed by atoms with Crippen LogP contribution in [-0.4, -0.2) is 38.1 Å². The lowest BCUT2D eigenvalue weighted by atomic mass is 10.2. The highest BCUT2D eigenvalue weighted by Gasteiger charge is 2.17. The molecule has 1 unspecified atom stereocenters. The van der Waals surface area contributed by atoms with Crippen LogP contribution in [0, 0.1) is 11.3 Å². The lowest BCUT2D eigenvalue weighted by Crippen LogP contribution is -2.24. The first-order valence-corrected chi connectivity index (χ1v) is 11.1. The van der Waals surface area contributed by atoms with Crippen LogP contribution in [0.15, 0.2) is 42.5 Å². The molecule has 1 amide bonds. The number of nitriles is 1. The Bertz CT molecular complexity index is 874. The van der Waals surface area contributed by atoms with Crippen LogP contribution >= 0.6 is 11.8 Å². The summed E-state index contributed by atoms with van der Waals surface area (Å²) >= 11 is 1.54. The number of carbonyl (C=O) groups excluding carboxylic acids is 1. The molecule has 6 nitrogen and oxygen atoms in total. The van der Waals surface area contributed by atoms with Gasteiger partial charge >= 0.3 is 0 Å². The van der Waals surface area contributed by atoms with Gasteiger partial charge in [-0.25, -0.2) is 0 Å². The normalized spacial score (nSPS) is 15.4. The summed E-state index contributed by atoms with van der Waals surface area (Å²) in [5.41, 5.74) is 2.68. The predicted octanol–water partition coefficient (Wildman–Crippen LogP) is 3.67. The minimum absolute atomic E-state index is 0.0219. The van der Waals surface area contributed by atoms with Gasteiger partial charge in [0.1, 0.15) is 6.61 Å². The predicted molar refractivity (Wildman–Crippen MR) is 117 cm³/mol. The summed E-state index contributed by atoms with van der Waals surface area (Å²) in [4.78, 5) is 12.1. The van der Waals surface area contributed by atoms with E-state index in [0.717, 1.165) is 36.3 Å². The fourth-order valence-corrected chi connectivity index (χ4v) is 3.91. The number of rotatable bonds is 10. The molecule has 1 heterocycles. The Hall–Kier alpha value is -2.69. The molecule has 7 heteroatoms. The second kappa shape index (κ2) is 11.5. The molecule has 1 atom stereocenters. The molecule has 1 aliphatic heterocycles. The molecular weight excluding hydrogens is 400 g/mol. The zero-order chi connectivity index (χ0) is 21.2. The summed E-state index contributed by atoms with van der Waals surface area (Å²) in [6.07, 6.45) is 2.25. The van der Waals surface area contributed by atoms with Crippen LogP contribution in [-0.2, 0) is 21.8 Å². The van der Waals surface area contributed by atoms with E-state index in [9.17, 15) is 4.79 Å². The van der Waals surface area contributed by atoms with Gasteiger partial charge in [-0.2, -0.15) is 5.26 Å². The quantitative estimate of drug-likeness (QED) is 0.624. The Balaban J connectivity index is 1.41. The Labute approximate surface area is 181 Å². The van der Waals surface area contributed by atoms with Crippen molar-refractivity contribution in [2.45, 2.75) is 31.2 Å². The fourth-order valence-electron chi connectivity index (χ4n) is 3.09. The van der Waals surface area contributed by atoms with Gasteiger partial charge in [-0.1, -0.05) is 18.2 Å². The van der Waals surface area contributed by atoms with Crippen LogP contribution in [0.2, 0.25) is 0 Å². The largest absolute Gasteiger partial charge is 0.493 e. The van der Waals surface area contributed by atoms with Gasteiger partial charge in [-0.05, 0) is 48.2 Å². The molecule has 1 aliphatic rings. The van der Waals surface area contributed by atoms with E-state index >= 15 is 0 Å². The van der Waals surface area contributed by atoms with Crippen molar-refractivity contribution >= 4 is 17.7 Å². The van der Waals surface area contributed by atoms with Crippen LogP contribution in [0.5, 0.6) is 11.5 Å². The van der Waals surface area contributed by atoms with Crippen molar-refractivity contribution in [3.63, 3.8) is 0 Å². The molecular formula is C23H26N2O4S. The monoisotopic (exact) mass is 426 g/mol. The molecule has 30 heavy (non-hydrogen) atoms. The summed E-state index contributed by atoms with van der Waals surface area (Å²) in [7, 11) is 1.61. The van der Waals surface area contributed by atoms with Gasteiger partial charge in [-0.3, -0.25) is 4.79 Å². The number of thioether (sulfide) groups is 1. The first kappa shape index (κ1) is 22.0. The van der Waals surface area contributed by atoms with Gasteiger partial charge in [0.25, 0.3) is 0 Å². The van der Waals surface area contributed by atoms with E-state index in [1.165, 1.54) is 0 Å². The van der Waals surface area contributed by atoms with Crippen LogP contribution in [0.3, 0.4) is 0 Å². The van der Waals surface area contributed by atoms with E-state index in [2.05, 4.69) is 11.4 Å². The second-order valence-electron chi connectivity index (χ2n) is 7.01. The number of benzene rings is 2. The maximum absolute atomic E-state index is 12.1. The third-order valence-corrected chi connectivity index (χ3v) is 5.76. The molecule has 0 saturated carbocycles. The number of hydrogen-bond acceptors (Lipinski definition) is 6. The van der Waals surface area contributed by atoms with Crippen molar-refractivity contribution in [2.24, 2.45) is 0 Å². The number of nitrogens with one attached hydrogen (secondary N) is 1. The first-order valence-electron chi connectivity index (χ1n) is 9.92. The average Bonchev–Trinajstić information content (AvgIpc) is 3.30. The minimum atomic E-state index is -0.0219. The molecule has 0 aliphatic carbocycles. The van der Waals surface area contributed by atoms with E-state index in [4.69, 9.17) is 19.5 Å². The molecule has 1 saturated heterocycles. The van der Waals surface area contributed by atoms with Gasteiger partial charge in [-0.15, -0.1) is 11.8 Å².